The highest BCUT2D eigenvalue weighted by atomic mass is 16.5. The average molecular weight is 255 g/mol. The number of hydrogen-bond acceptors (Lipinski definition) is 3. The van der Waals surface area contributed by atoms with Gasteiger partial charge in [-0.15, -0.1) is 0 Å². The molecule has 4 nitrogen and oxygen atoms in total. The van der Waals surface area contributed by atoms with E-state index in [0.717, 1.165) is 45.3 Å². The van der Waals surface area contributed by atoms with E-state index in [4.69, 9.17) is 4.74 Å². The number of rotatable bonds is 6. The van der Waals surface area contributed by atoms with Gasteiger partial charge in [-0.05, 0) is 43.9 Å². The van der Waals surface area contributed by atoms with Crippen LogP contribution in [0.3, 0.4) is 0 Å². The molecule has 0 aromatic heterocycles. The fraction of sp³-hybridized carbons (Fsp3) is 0.929. The summed E-state index contributed by atoms with van der Waals surface area (Å²) in [6.45, 7) is 2.18. The minimum Gasteiger partial charge on any atom is -0.391 e. The summed E-state index contributed by atoms with van der Waals surface area (Å²) in [5.74, 6) is 1.25. The lowest BCUT2D eigenvalue weighted by Crippen LogP contribution is -2.35. The molecule has 0 aromatic rings. The van der Waals surface area contributed by atoms with Crippen molar-refractivity contribution >= 4 is 5.91 Å². The number of carbonyl (C=O) groups excluding carboxylic acids is 1. The van der Waals surface area contributed by atoms with Gasteiger partial charge in [0.25, 0.3) is 0 Å². The van der Waals surface area contributed by atoms with Crippen LogP contribution in [0.5, 0.6) is 0 Å². The van der Waals surface area contributed by atoms with Gasteiger partial charge in [-0.25, -0.2) is 0 Å². The number of hydrogen-bond donors (Lipinski definition) is 1. The Morgan fingerprint density at radius 1 is 1.33 bits per heavy atom. The van der Waals surface area contributed by atoms with Gasteiger partial charge >= 0.3 is 0 Å². The first-order chi connectivity index (χ1) is 8.66. The minimum atomic E-state index is -0.318. The molecule has 0 spiro atoms. The Hall–Kier alpha value is -0.610. The Morgan fingerprint density at radius 2 is 2.00 bits per heavy atom. The molecular formula is C14H25NO3. The first-order valence-electron chi connectivity index (χ1n) is 7.16. The third-order valence-electron chi connectivity index (χ3n) is 4.16. The van der Waals surface area contributed by atoms with Crippen molar-refractivity contribution in [1.82, 2.24) is 4.90 Å². The van der Waals surface area contributed by atoms with E-state index in [2.05, 4.69) is 0 Å². The van der Waals surface area contributed by atoms with Crippen LogP contribution in [0, 0.1) is 11.8 Å². The van der Waals surface area contributed by atoms with Crippen molar-refractivity contribution in [3.05, 3.63) is 0 Å². The van der Waals surface area contributed by atoms with Crippen LogP contribution in [0.25, 0.3) is 0 Å². The second-order valence-corrected chi connectivity index (χ2v) is 5.77. The molecule has 1 unspecified atom stereocenters. The normalized spacial score (nSPS) is 22.8. The summed E-state index contributed by atoms with van der Waals surface area (Å²) >= 11 is 0. The zero-order valence-electron chi connectivity index (χ0n) is 11.3. The van der Waals surface area contributed by atoms with Crippen molar-refractivity contribution in [2.45, 2.75) is 44.6 Å². The van der Waals surface area contributed by atoms with Crippen LogP contribution >= 0.6 is 0 Å². The largest absolute Gasteiger partial charge is 0.391 e. The van der Waals surface area contributed by atoms with Crippen molar-refractivity contribution < 1.29 is 14.6 Å². The number of nitrogens with zero attached hydrogens (tertiary/aromatic N) is 1. The van der Waals surface area contributed by atoms with Crippen LogP contribution in [0.4, 0.5) is 0 Å². The summed E-state index contributed by atoms with van der Waals surface area (Å²) in [5.41, 5.74) is 0. The third-order valence-corrected chi connectivity index (χ3v) is 4.16. The summed E-state index contributed by atoms with van der Waals surface area (Å²) in [6, 6.07) is 0. The molecule has 0 radical (unpaired) electrons. The summed E-state index contributed by atoms with van der Waals surface area (Å²) in [7, 11) is 1.80. The van der Waals surface area contributed by atoms with E-state index < -0.39 is 0 Å². The Kier molecular flexibility index (Phi) is 5.01. The molecule has 2 fully saturated rings. The summed E-state index contributed by atoms with van der Waals surface area (Å²) in [4.78, 5) is 13.6. The van der Waals surface area contributed by atoms with Gasteiger partial charge in [0.2, 0.25) is 5.91 Å². The predicted octanol–water partition coefficient (Wildman–Crippen LogP) is 1.42. The highest BCUT2D eigenvalue weighted by molar-refractivity contribution is 5.75. The van der Waals surface area contributed by atoms with Gasteiger partial charge in [0.05, 0.1) is 6.10 Å². The molecule has 2 rings (SSSR count). The lowest BCUT2D eigenvalue weighted by atomic mass is 9.95. The van der Waals surface area contributed by atoms with E-state index >= 15 is 0 Å². The summed E-state index contributed by atoms with van der Waals surface area (Å²) in [6.07, 6.45) is 5.66. The molecule has 1 aliphatic carbocycles. The lowest BCUT2D eigenvalue weighted by molar-refractivity contribution is -0.131. The molecule has 1 saturated carbocycles. The SMILES string of the molecule is CN(CC(O)C1CC1)C(=O)CCC1CCOCC1. The second kappa shape index (κ2) is 6.53. The lowest BCUT2D eigenvalue weighted by Gasteiger charge is -2.24. The molecule has 1 saturated heterocycles. The first-order valence-corrected chi connectivity index (χ1v) is 7.16. The highest BCUT2D eigenvalue weighted by Crippen LogP contribution is 2.32. The molecule has 1 atom stereocenters. The van der Waals surface area contributed by atoms with Crippen molar-refractivity contribution in [1.29, 1.82) is 0 Å². The van der Waals surface area contributed by atoms with E-state index in [-0.39, 0.29) is 12.0 Å². The molecule has 1 heterocycles. The van der Waals surface area contributed by atoms with Crippen molar-refractivity contribution in [2.24, 2.45) is 11.8 Å². The molecule has 104 valence electrons. The molecule has 4 heteroatoms. The van der Waals surface area contributed by atoms with E-state index in [1.54, 1.807) is 11.9 Å². The second-order valence-electron chi connectivity index (χ2n) is 5.77. The predicted molar refractivity (Wildman–Crippen MR) is 69.1 cm³/mol. The molecule has 18 heavy (non-hydrogen) atoms. The smallest absolute Gasteiger partial charge is 0.222 e. The van der Waals surface area contributed by atoms with Crippen LogP contribution in [0.15, 0.2) is 0 Å². The van der Waals surface area contributed by atoms with Gasteiger partial charge in [-0.2, -0.15) is 0 Å². The zero-order valence-corrected chi connectivity index (χ0v) is 11.3. The summed E-state index contributed by atoms with van der Waals surface area (Å²) < 4.78 is 5.31. The number of aliphatic hydroxyl groups excluding tert-OH is 1. The topological polar surface area (TPSA) is 49.8 Å². The number of amides is 1. The number of aliphatic hydroxyl groups is 1. The quantitative estimate of drug-likeness (QED) is 0.781. The maximum Gasteiger partial charge on any atom is 0.222 e. The van der Waals surface area contributed by atoms with Crippen molar-refractivity contribution in [2.75, 3.05) is 26.8 Å². The fourth-order valence-corrected chi connectivity index (χ4v) is 2.57. The fourth-order valence-electron chi connectivity index (χ4n) is 2.57. The first kappa shape index (κ1) is 13.8. The monoisotopic (exact) mass is 255 g/mol. The Balaban J connectivity index is 1.63. The van der Waals surface area contributed by atoms with Gasteiger partial charge in [-0.1, -0.05) is 0 Å². The molecule has 2 aliphatic rings. The average Bonchev–Trinajstić information content (AvgIpc) is 3.21. The maximum absolute atomic E-state index is 11.9. The zero-order chi connectivity index (χ0) is 13.0. The Morgan fingerprint density at radius 3 is 2.61 bits per heavy atom. The van der Waals surface area contributed by atoms with Crippen LogP contribution in [0.1, 0.15) is 38.5 Å². The minimum absolute atomic E-state index is 0.168. The molecule has 1 aliphatic heterocycles. The molecule has 0 aromatic carbocycles. The standard InChI is InChI=1S/C14H25NO3/c1-15(10-13(16)12-3-4-12)14(17)5-2-11-6-8-18-9-7-11/h11-13,16H,2-10H2,1H3. The number of carbonyl (C=O) groups is 1. The molecule has 1 N–H and O–H groups in total. The van der Waals surface area contributed by atoms with Crippen LogP contribution < -0.4 is 0 Å². The number of likely N-dealkylation sites (N-methyl/N-ethyl adjacent to an activating group) is 1. The Labute approximate surface area is 109 Å². The van der Waals surface area contributed by atoms with E-state index in [9.17, 15) is 9.90 Å². The number of ether oxygens (including phenoxy) is 1. The maximum atomic E-state index is 11.9. The van der Waals surface area contributed by atoms with E-state index in [0.29, 0.717) is 24.8 Å². The highest BCUT2D eigenvalue weighted by Gasteiger charge is 2.31. The van der Waals surface area contributed by atoms with Crippen molar-refractivity contribution in [3.63, 3.8) is 0 Å². The van der Waals surface area contributed by atoms with Gasteiger partial charge in [-0.3, -0.25) is 4.79 Å². The molecule has 1 amide bonds. The van der Waals surface area contributed by atoms with Crippen molar-refractivity contribution in [3.8, 4) is 0 Å². The molecule has 0 bridgehead atoms. The van der Waals surface area contributed by atoms with E-state index in [1.165, 1.54) is 0 Å². The molecular weight excluding hydrogens is 230 g/mol. The van der Waals surface area contributed by atoms with Crippen LogP contribution in [-0.4, -0.2) is 48.8 Å². The third kappa shape index (κ3) is 4.25. The van der Waals surface area contributed by atoms with Gasteiger partial charge in [0.1, 0.15) is 0 Å². The Bertz CT molecular complexity index is 272. The van der Waals surface area contributed by atoms with Gasteiger partial charge < -0.3 is 14.7 Å². The van der Waals surface area contributed by atoms with Gasteiger partial charge in [0.15, 0.2) is 0 Å². The summed E-state index contributed by atoms with van der Waals surface area (Å²) in [5, 5.41) is 9.81. The van der Waals surface area contributed by atoms with Crippen LogP contribution in [-0.2, 0) is 9.53 Å². The van der Waals surface area contributed by atoms with Crippen LogP contribution in [0.2, 0.25) is 0 Å². The van der Waals surface area contributed by atoms with E-state index in [1.807, 2.05) is 0 Å². The van der Waals surface area contributed by atoms with Gasteiger partial charge in [0, 0.05) is 33.2 Å².